The summed E-state index contributed by atoms with van der Waals surface area (Å²) in [6.45, 7) is 2.64. The number of benzene rings is 1. The molecular formula is C14H20O3. The van der Waals surface area contributed by atoms with Gasteiger partial charge in [0.2, 0.25) is 0 Å². The van der Waals surface area contributed by atoms with Crippen molar-refractivity contribution in [2.45, 2.75) is 32.6 Å². The molecule has 0 heterocycles. The molecule has 0 spiro atoms. The van der Waals surface area contributed by atoms with Gasteiger partial charge in [-0.15, -0.1) is 0 Å². The third-order valence-electron chi connectivity index (χ3n) is 2.54. The number of ether oxygens (including phenoxy) is 2. The molecule has 0 saturated carbocycles. The molecule has 0 N–H and O–H groups in total. The van der Waals surface area contributed by atoms with Gasteiger partial charge in [-0.3, -0.25) is 4.79 Å². The Balaban J connectivity index is 2.39. The molecule has 0 aliphatic rings. The molecule has 17 heavy (non-hydrogen) atoms. The fraction of sp³-hybridized carbons (Fsp3) is 0.500. The minimum Gasteiger partial charge on any atom is -0.496 e. The first kappa shape index (κ1) is 13.6. The van der Waals surface area contributed by atoms with Gasteiger partial charge in [-0.1, -0.05) is 38.0 Å². The molecule has 3 nitrogen and oxygen atoms in total. The average Bonchev–Trinajstić information content (AvgIpc) is 2.35. The molecular weight excluding hydrogens is 216 g/mol. The molecule has 1 rings (SSSR count). The molecule has 0 aromatic heterocycles. The second-order valence-electron chi connectivity index (χ2n) is 3.92. The van der Waals surface area contributed by atoms with Crippen LogP contribution in [0.3, 0.4) is 0 Å². The Kier molecular flexibility index (Phi) is 6.15. The Morgan fingerprint density at radius 3 is 2.71 bits per heavy atom. The van der Waals surface area contributed by atoms with E-state index >= 15 is 0 Å². The Bertz CT molecular complexity index is 347. The largest absolute Gasteiger partial charge is 0.496 e. The number of hydrogen-bond donors (Lipinski definition) is 0. The maximum Gasteiger partial charge on any atom is 0.310 e. The average molecular weight is 236 g/mol. The highest BCUT2D eigenvalue weighted by atomic mass is 16.5. The van der Waals surface area contributed by atoms with Gasteiger partial charge in [0.1, 0.15) is 5.75 Å². The van der Waals surface area contributed by atoms with E-state index in [0.29, 0.717) is 6.61 Å². The zero-order valence-corrected chi connectivity index (χ0v) is 10.6. The molecule has 0 unspecified atom stereocenters. The fourth-order valence-electron chi connectivity index (χ4n) is 1.59. The monoisotopic (exact) mass is 236 g/mol. The minimum atomic E-state index is -0.189. The van der Waals surface area contributed by atoms with Crippen molar-refractivity contribution in [1.82, 2.24) is 0 Å². The van der Waals surface area contributed by atoms with Gasteiger partial charge in [-0.25, -0.2) is 0 Å². The van der Waals surface area contributed by atoms with Crippen LogP contribution >= 0.6 is 0 Å². The summed E-state index contributed by atoms with van der Waals surface area (Å²) >= 11 is 0. The van der Waals surface area contributed by atoms with Crippen LogP contribution in [0.25, 0.3) is 0 Å². The van der Waals surface area contributed by atoms with Crippen LogP contribution in [0.2, 0.25) is 0 Å². The highest BCUT2D eigenvalue weighted by Crippen LogP contribution is 2.18. The van der Waals surface area contributed by atoms with E-state index in [9.17, 15) is 4.79 Å². The first-order valence-electron chi connectivity index (χ1n) is 6.05. The Morgan fingerprint density at radius 2 is 2.00 bits per heavy atom. The van der Waals surface area contributed by atoms with Gasteiger partial charge < -0.3 is 9.47 Å². The predicted octanol–water partition coefficient (Wildman–Crippen LogP) is 2.97. The van der Waals surface area contributed by atoms with Gasteiger partial charge >= 0.3 is 5.97 Å². The van der Waals surface area contributed by atoms with Crippen LogP contribution in [0.5, 0.6) is 5.75 Å². The van der Waals surface area contributed by atoms with E-state index in [0.717, 1.165) is 30.6 Å². The van der Waals surface area contributed by atoms with Crippen molar-refractivity contribution in [3.63, 3.8) is 0 Å². The fourth-order valence-corrected chi connectivity index (χ4v) is 1.59. The van der Waals surface area contributed by atoms with Crippen LogP contribution in [-0.2, 0) is 16.0 Å². The summed E-state index contributed by atoms with van der Waals surface area (Å²) < 4.78 is 10.3. The van der Waals surface area contributed by atoms with Crippen molar-refractivity contribution in [3.8, 4) is 5.75 Å². The minimum absolute atomic E-state index is 0.189. The normalized spacial score (nSPS) is 10.0. The zero-order chi connectivity index (χ0) is 12.5. The SMILES string of the molecule is CCCCCOC(=O)Cc1ccccc1OC. The van der Waals surface area contributed by atoms with Crippen molar-refractivity contribution in [2.24, 2.45) is 0 Å². The first-order chi connectivity index (χ1) is 8.27. The summed E-state index contributed by atoms with van der Waals surface area (Å²) in [4.78, 5) is 11.6. The zero-order valence-electron chi connectivity index (χ0n) is 10.6. The van der Waals surface area contributed by atoms with Gasteiger partial charge in [0, 0.05) is 5.56 Å². The lowest BCUT2D eigenvalue weighted by atomic mass is 10.1. The molecule has 94 valence electrons. The molecule has 0 fully saturated rings. The van der Waals surface area contributed by atoms with Crippen molar-refractivity contribution >= 4 is 5.97 Å². The number of rotatable bonds is 7. The van der Waals surface area contributed by atoms with E-state index in [1.807, 2.05) is 24.3 Å². The standard InChI is InChI=1S/C14H20O3/c1-3-4-7-10-17-14(15)11-12-8-5-6-9-13(12)16-2/h5-6,8-9H,3-4,7,10-11H2,1-2H3. The Hall–Kier alpha value is -1.51. The van der Waals surface area contributed by atoms with Crippen LogP contribution in [-0.4, -0.2) is 19.7 Å². The number of esters is 1. The lowest BCUT2D eigenvalue weighted by Gasteiger charge is -2.08. The first-order valence-corrected chi connectivity index (χ1v) is 6.05. The van der Waals surface area contributed by atoms with Crippen molar-refractivity contribution in [1.29, 1.82) is 0 Å². The third-order valence-corrected chi connectivity index (χ3v) is 2.54. The number of para-hydroxylation sites is 1. The molecule has 0 atom stereocenters. The third kappa shape index (κ3) is 4.89. The van der Waals surface area contributed by atoms with E-state index in [4.69, 9.17) is 9.47 Å². The summed E-state index contributed by atoms with van der Waals surface area (Å²) in [6, 6.07) is 7.50. The number of hydrogen-bond acceptors (Lipinski definition) is 3. The van der Waals surface area contributed by atoms with E-state index in [1.54, 1.807) is 7.11 Å². The van der Waals surface area contributed by atoms with Crippen LogP contribution in [0.4, 0.5) is 0 Å². The lowest BCUT2D eigenvalue weighted by Crippen LogP contribution is -2.09. The maximum absolute atomic E-state index is 11.6. The van der Waals surface area contributed by atoms with E-state index < -0.39 is 0 Å². The highest BCUT2D eigenvalue weighted by molar-refractivity contribution is 5.73. The molecule has 0 aliphatic heterocycles. The van der Waals surface area contributed by atoms with Crippen LogP contribution in [0.15, 0.2) is 24.3 Å². The van der Waals surface area contributed by atoms with Crippen LogP contribution in [0, 0.1) is 0 Å². The Morgan fingerprint density at radius 1 is 1.24 bits per heavy atom. The van der Waals surface area contributed by atoms with Crippen molar-refractivity contribution < 1.29 is 14.3 Å². The molecule has 3 heteroatoms. The van der Waals surface area contributed by atoms with Gasteiger partial charge in [-0.2, -0.15) is 0 Å². The molecule has 0 amide bonds. The summed E-state index contributed by atoms with van der Waals surface area (Å²) in [5, 5.41) is 0. The van der Waals surface area contributed by atoms with E-state index in [1.165, 1.54) is 0 Å². The lowest BCUT2D eigenvalue weighted by molar-refractivity contribution is -0.142. The molecule has 1 aromatic rings. The van der Waals surface area contributed by atoms with Crippen molar-refractivity contribution in [3.05, 3.63) is 29.8 Å². The van der Waals surface area contributed by atoms with E-state index in [-0.39, 0.29) is 12.4 Å². The maximum atomic E-state index is 11.6. The molecule has 0 radical (unpaired) electrons. The quantitative estimate of drug-likeness (QED) is 0.539. The van der Waals surface area contributed by atoms with Crippen LogP contribution in [0.1, 0.15) is 31.7 Å². The van der Waals surface area contributed by atoms with Gasteiger partial charge in [0.25, 0.3) is 0 Å². The smallest absolute Gasteiger partial charge is 0.310 e. The summed E-state index contributed by atoms with van der Waals surface area (Å²) in [5.41, 5.74) is 0.871. The Labute approximate surface area is 103 Å². The molecule has 1 aromatic carbocycles. The topological polar surface area (TPSA) is 35.5 Å². The predicted molar refractivity (Wildman–Crippen MR) is 67.2 cm³/mol. The second kappa shape index (κ2) is 7.71. The summed E-state index contributed by atoms with van der Waals surface area (Å²) in [5.74, 6) is 0.545. The summed E-state index contributed by atoms with van der Waals surface area (Å²) in [6.07, 6.45) is 3.44. The van der Waals surface area contributed by atoms with Crippen LogP contribution < -0.4 is 4.74 Å². The van der Waals surface area contributed by atoms with Gasteiger partial charge in [0.15, 0.2) is 0 Å². The van der Waals surface area contributed by atoms with Gasteiger partial charge in [0.05, 0.1) is 20.1 Å². The van der Waals surface area contributed by atoms with E-state index in [2.05, 4.69) is 6.92 Å². The number of unbranched alkanes of at least 4 members (excludes halogenated alkanes) is 2. The molecule has 0 saturated heterocycles. The van der Waals surface area contributed by atoms with Crippen molar-refractivity contribution in [2.75, 3.05) is 13.7 Å². The number of carbonyl (C=O) groups is 1. The van der Waals surface area contributed by atoms with Gasteiger partial charge in [-0.05, 0) is 12.5 Å². The number of methoxy groups -OCH3 is 1. The second-order valence-corrected chi connectivity index (χ2v) is 3.92. The number of carbonyl (C=O) groups excluding carboxylic acids is 1. The molecule has 0 bridgehead atoms. The highest BCUT2D eigenvalue weighted by Gasteiger charge is 2.08. The molecule has 0 aliphatic carbocycles. The summed E-state index contributed by atoms with van der Waals surface area (Å²) in [7, 11) is 1.60.